The van der Waals surface area contributed by atoms with E-state index >= 15 is 0 Å². The second-order valence-electron chi connectivity index (χ2n) is 2.26. The highest BCUT2D eigenvalue weighted by Gasteiger charge is 2.19. The van der Waals surface area contributed by atoms with E-state index in [-0.39, 0.29) is 12.1 Å². The van der Waals surface area contributed by atoms with Crippen molar-refractivity contribution < 1.29 is 9.53 Å². The number of allylic oxidation sites excluding steroid dienone is 1. The van der Waals surface area contributed by atoms with Gasteiger partial charge in [0.15, 0.2) is 0 Å². The maximum absolute atomic E-state index is 10.5. The van der Waals surface area contributed by atoms with Crippen LogP contribution < -0.4 is 0 Å². The third-order valence-electron chi connectivity index (χ3n) is 1.38. The number of carbonyl (C=O) groups excluding carboxylic acids is 1. The summed E-state index contributed by atoms with van der Waals surface area (Å²) in [4.78, 5) is 10.5. The molecule has 2 nitrogen and oxygen atoms in total. The molecule has 0 bridgehead atoms. The Morgan fingerprint density at radius 2 is 2.60 bits per heavy atom. The predicted molar refractivity (Wildman–Crippen MR) is 41.8 cm³/mol. The van der Waals surface area contributed by atoms with E-state index in [2.05, 4.69) is 15.9 Å². The Morgan fingerprint density at radius 3 is 3.00 bits per heavy atom. The van der Waals surface area contributed by atoms with Crippen molar-refractivity contribution in [1.82, 2.24) is 0 Å². The van der Waals surface area contributed by atoms with Crippen LogP contribution in [0.1, 0.15) is 19.8 Å². The van der Waals surface area contributed by atoms with Crippen molar-refractivity contribution in [1.29, 1.82) is 0 Å². The number of rotatable bonds is 1. The fourth-order valence-corrected chi connectivity index (χ4v) is 1.51. The average Bonchev–Trinajstić information content (AvgIpc) is 2.15. The van der Waals surface area contributed by atoms with Crippen LogP contribution in [0.2, 0.25) is 0 Å². The number of carbonyl (C=O) groups is 1. The van der Waals surface area contributed by atoms with Crippen molar-refractivity contribution in [3.05, 3.63) is 10.6 Å². The van der Waals surface area contributed by atoms with Gasteiger partial charge in [0.05, 0.1) is 0 Å². The Balaban J connectivity index is 2.43. The summed E-state index contributed by atoms with van der Waals surface area (Å²) in [7, 11) is 0. The molecule has 0 N–H and O–H groups in total. The summed E-state index contributed by atoms with van der Waals surface area (Å²) >= 11 is 3.32. The first-order chi connectivity index (χ1) is 4.70. The lowest BCUT2D eigenvalue weighted by atomic mass is 10.3. The molecule has 0 unspecified atom stereocenters. The summed E-state index contributed by atoms with van der Waals surface area (Å²) in [5.41, 5.74) is 0. The summed E-state index contributed by atoms with van der Waals surface area (Å²) < 4.78 is 5.97. The number of hydrogen-bond donors (Lipinski definition) is 0. The Kier molecular flexibility index (Phi) is 2.49. The van der Waals surface area contributed by atoms with Gasteiger partial charge >= 0.3 is 5.97 Å². The molecule has 0 spiro atoms. The maximum Gasteiger partial charge on any atom is 0.303 e. The fourth-order valence-electron chi connectivity index (χ4n) is 0.957. The lowest BCUT2D eigenvalue weighted by Gasteiger charge is -2.09. The summed E-state index contributed by atoms with van der Waals surface area (Å²) in [6.07, 6.45) is 3.93. The van der Waals surface area contributed by atoms with Gasteiger partial charge in [0.2, 0.25) is 0 Å². The zero-order valence-corrected chi connectivity index (χ0v) is 7.35. The zero-order valence-electron chi connectivity index (χ0n) is 5.76. The molecule has 56 valence electrons. The first-order valence-electron chi connectivity index (χ1n) is 3.23. The molecule has 1 atom stereocenters. The highest BCUT2D eigenvalue weighted by molar-refractivity contribution is 9.11. The second kappa shape index (κ2) is 3.19. The van der Waals surface area contributed by atoms with Crippen molar-refractivity contribution in [2.45, 2.75) is 25.9 Å². The van der Waals surface area contributed by atoms with Gasteiger partial charge in [-0.15, -0.1) is 0 Å². The summed E-state index contributed by atoms with van der Waals surface area (Å²) in [5, 5.41) is 0. The van der Waals surface area contributed by atoms with E-state index in [1.165, 1.54) is 6.92 Å². The number of hydrogen-bond acceptors (Lipinski definition) is 2. The molecule has 0 heterocycles. The molecule has 0 aromatic carbocycles. The van der Waals surface area contributed by atoms with Crippen molar-refractivity contribution in [3.8, 4) is 0 Å². The van der Waals surface area contributed by atoms with Gasteiger partial charge in [0, 0.05) is 11.4 Å². The Morgan fingerprint density at radius 1 is 1.90 bits per heavy atom. The maximum atomic E-state index is 10.5. The van der Waals surface area contributed by atoms with Crippen LogP contribution in [-0.4, -0.2) is 12.1 Å². The van der Waals surface area contributed by atoms with Crippen LogP contribution in [0.5, 0.6) is 0 Å². The minimum absolute atomic E-state index is 0.0162. The predicted octanol–water partition coefficient (Wildman–Crippen LogP) is 1.99. The molecular formula is C7H9BrO2. The van der Waals surface area contributed by atoms with Crippen LogP contribution in [0.3, 0.4) is 0 Å². The molecule has 0 aromatic rings. The largest absolute Gasteiger partial charge is 0.457 e. The highest BCUT2D eigenvalue weighted by atomic mass is 79.9. The lowest BCUT2D eigenvalue weighted by molar-refractivity contribution is -0.144. The number of esters is 1. The summed E-state index contributed by atoms with van der Waals surface area (Å²) in [5.74, 6) is -0.211. The van der Waals surface area contributed by atoms with Gasteiger partial charge in [0.1, 0.15) is 6.10 Å². The van der Waals surface area contributed by atoms with Crippen LogP contribution in [0, 0.1) is 0 Å². The van der Waals surface area contributed by atoms with Gasteiger partial charge in [0.25, 0.3) is 0 Å². The monoisotopic (exact) mass is 204 g/mol. The Hall–Kier alpha value is -0.310. The normalized spacial score (nSPS) is 24.2. The molecule has 0 aliphatic heterocycles. The van der Waals surface area contributed by atoms with Crippen LogP contribution in [-0.2, 0) is 9.53 Å². The third kappa shape index (κ3) is 1.84. The van der Waals surface area contributed by atoms with E-state index < -0.39 is 0 Å². The molecule has 0 saturated heterocycles. The topological polar surface area (TPSA) is 26.3 Å². The van der Waals surface area contributed by atoms with E-state index in [0.29, 0.717) is 0 Å². The van der Waals surface area contributed by atoms with Gasteiger partial charge in [-0.05, 0) is 12.8 Å². The molecule has 0 aromatic heterocycles. The highest BCUT2D eigenvalue weighted by Crippen LogP contribution is 2.26. The number of halogens is 1. The van der Waals surface area contributed by atoms with Gasteiger partial charge in [-0.2, -0.15) is 0 Å². The van der Waals surface area contributed by atoms with Crippen LogP contribution in [0.15, 0.2) is 10.6 Å². The second-order valence-corrected chi connectivity index (χ2v) is 3.18. The zero-order chi connectivity index (χ0) is 7.56. The van der Waals surface area contributed by atoms with Crippen LogP contribution in [0.25, 0.3) is 0 Å². The van der Waals surface area contributed by atoms with E-state index in [0.717, 1.165) is 17.3 Å². The van der Waals surface area contributed by atoms with E-state index in [1.54, 1.807) is 0 Å². The van der Waals surface area contributed by atoms with Crippen molar-refractivity contribution in [2.24, 2.45) is 0 Å². The SMILES string of the molecule is CC(=O)O[C@@H]1CCC=C1Br. The number of ether oxygens (including phenoxy) is 1. The lowest BCUT2D eigenvalue weighted by Crippen LogP contribution is -2.12. The Labute approximate surface area is 68.4 Å². The molecule has 0 amide bonds. The summed E-state index contributed by atoms with van der Waals surface area (Å²) in [6, 6.07) is 0. The van der Waals surface area contributed by atoms with Gasteiger partial charge in [-0.3, -0.25) is 4.79 Å². The Bertz CT molecular complexity index is 174. The van der Waals surface area contributed by atoms with Gasteiger partial charge < -0.3 is 4.74 Å². The van der Waals surface area contributed by atoms with Crippen LogP contribution >= 0.6 is 15.9 Å². The molecule has 3 heteroatoms. The van der Waals surface area contributed by atoms with Crippen LogP contribution in [0.4, 0.5) is 0 Å². The first kappa shape index (κ1) is 7.79. The molecule has 10 heavy (non-hydrogen) atoms. The molecular weight excluding hydrogens is 196 g/mol. The smallest absolute Gasteiger partial charge is 0.303 e. The average molecular weight is 205 g/mol. The van der Waals surface area contributed by atoms with Crippen molar-refractivity contribution in [3.63, 3.8) is 0 Å². The quantitative estimate of drug-likeness (QED) is 0.612. The molecule has 1 aliphatic carbocycles. The van der Waals surface area contributed by atoms with Crippen molar-refractivity contribution in [2.75, 3.05) is 0 Å². The van der Waals surface area contributed by atoms with Gasteiger partial charge in [-0.25, -0.2) is 0 Å². The first-order valence-corrected chi connectivity index (χ1v) is 4.02. The minimum Gasteiger partial charge on any atom is -0.457 e. The van der Waals surface area contributed by atoms with E-state index in [4.69, 9.17) is 4.74 Å². The van der Waals surface area contributed by atoms with E-state index in [9.17, 15) is 4.79 Å². The van der Waals surface area contributed by atoms with Gasteiger partial charge in [-0.1, -0.05) is 22.0 Å². The summed E-state index contributed by atoms with van der Waals surface area (Å²) in [6.45, 7) is 1.43. The molecule has 1 aliphatic rings. The molecule has 0 fully saturated rings. The fraction of sp³-hybridized carbons (Fsp3) is 0.571. The minimum atomic E-state index is -0.211. The van der Waals surface area contributed by atoms with Crippen molar-refractivity contribution >= 4 is 21.9 Å². The van der Waals surface area contributed by atoms with E-state index in [1.807, 2.05) is 6.08 Å². The molecule has 0 saturated carbocycles. The molecule has 0 radical (unpaired) electrons. The standard InChI is InChI=1S/C7H9BrO2/c1-5(9)10-7-4-2-3-6(7)8/h3,7H,2,4H2,1H3/t7-/m1/s1. The third-order valence-corrected chi connectivity index (χ3v) is 2.22. The molecule has 1 rings (SSSR count).